The van der Waals surface area contributed by atoms with Gasteiger partial charge in [0.1, 0.15) is 6.61 Å². The molecule has 0 saturated carbocycles. The van der Waals surface area contributed by atoms with E-state index in [1.807, 2.05) is 0 Å². The fourth-order valence-electron chi connectivity index (χ4n) is 1.77. The minimum Gasteiger partial charge on any atom is -0.463 e. The van der Waals surface area contributed by atoms with Gasteiger partial charge in [0.15, 0.2) is 0 Å². The average molecular weight is 183 g/mol. The zero-order valence-electron chi connectivity index (χ0n) is 7.88. The Labute approximate surface area is 78.8 Å². The zero-order chi connectivity index (χ0) is 8.93. The molecule has 2 aliphatic heterocycles. The summed E-state index contributed by atoms with van der Waals surface area (Å²) in [4.78, 5) is 4.18. The van der Waals surface area contributed by atoms with Crippen molar-refractivity contribution in [2.45, 2.75) is 12.8 Å². The Kier molecular flexibility index (Phi) is 3.02. The summed E-state index contributed by atoms with van der Waals surface area (Å²) in [5, 5.41) is 6.63. The van der Waals surface area contributed by atoms with Crippen LogP contribution in [0.1, 0.15) is 12.8 Å². The average Bonchev–Trinajstić information content (AvgIpc) is 2.69. The van der Waals surface area contributed by atoms with Crippen LogP contribution in [0.25, 0.3) is 0 Å². The first-order chi connectivity index (χ1) is 6.45. The second-order valence-electron chi connectivity index (χ2n) is 3.63. The predicted molar refractivity (Wildman–Crippen MR) is 51.9 cm³/mol. The Morgan fingerprint density at radius 2 is 2.62 bits per heavy atom. The Morgan fingerprint density at radius 1 is 1.62 bits per heavy atom. The fourth-order valence-corrected chi connectivity index (χ4v) is 1.77. The Balaban J connectivity index is 1.66. The van der Waals surface area contributed by atoms with Crippen molar-refractivity contribution >= 4 is 6.02 Å². The van der Waals surface area contributed by atoms with Crippen molar-refractivity contribution in [2.24, 2.45) is 10.9 Å². The molecule has 0 aromatic heterocycles. The lowest BCUT2D eigenvalue weighted by Crippen LogP contribution is -2.38. The maximum absolute atomic E-state index is 5.26. The molecule has 1 fully saturated rings. The van der Waals surface area contributed by atoms with Crippen LogP contribution in [0.3, 0.4) is 0 Å². The maximum Gasteiger partial charge on any atom is 0.284 e. The van der Waals surface area contributed by atoms with Gasteiger partial charge in [-0.25, -0.2) is 4.99 Å². The molecule has 0 spiro atoms. The number of aliphatic imine (C=N–C) groups is 1. The van der Waals surface area contributed by atoms with E-state index in [1.165, 1.54) is 19.4 Å². The second-order valence-corrected chi connectivity index (χ2v) is 3.63. The SMILES string of the molecule is C1CNCC(CNC2=NCCO2)C1. The van der Waals surface area contributed by atoms with Crippen LogP contribution >= 0.6 is 0 Å². The van der Waals surface area contributed by atoms with Crippen LogP contribution in [-0.4, -0.2) is 38.8 Å². The van der Waals surface area contributed by atoms with Gasteiger partial charge in [0.25, 0.3) is 6.02 Å². The van der Waals surface area contributed by atoms with E-state index < -0.39 is 0 Å². The second kappa shape index (κ2) is 4.46. The molecule has 0 aliphatic carbocycles. The number of nitrogens with zero attached hydrogens (tertiary/aromatic N) is 1. The van der Waals surface area contributed by atoms with Crippen molar-refractivity contribution in [3.05, 3.63) is 0 Å². The van der Waals surface area contributed by atoms with Gasteiger partial charge in [0, 0.05) is 6.54 Å². The summed E-state index contributed by atoms with van der Waals surface area (Å²) < 4.78 is 5.26. The summed E-state index contributed by atoms with van der Waals surface area (Å²) in [5.74, 6) is 0.737. The highest BCUT2D eigenvalue weighted by Gasteiger charge is 2.14. The van der Waals surface area contributed by atoms with E-state index in [4.69, 9.17) is 4.74 Å². The first-order valence-corrected chi connectivity index (χ1v) is 5.07. The van der Waals surface area contributed by atoms with Crippen LogP contribution in [0.2, 0.25) is 0 Å². The van der Waals surface area contributed by atoms with Crippen molar-refractivity contribution in [3.8, 4) is 0 Å². The number of amidine groups is 1. The van der Waals surface area contributed by atoms with Gasteiger partial charge in [0.2, 0.25) is 0 Å². The van der Waals surface area contributed by atoms with E-state index in [1.54, 1.807) is 0 Å². The largest absolute Gasteiger partial charge is 0.463 e. The molecule has 0 amide bonds. The number of nitrogens with one attached hydrogen (secondary N) is 2. The molecule has 0 radical (unpaired) electrons. The Bertz CT molecular complexity index is 187. The maximum atomic E-state index is 5.26. The minimum atomic E-state index is 0.737. The van der Waals surface area contributed by atoms with Gasteiger partial charge in [-0.3, -0.25) is 0 Å². The molecule has 1 atom stereocenters. The fraction of sp³-hybridized carbons (Fsp3) is 0.889. The van der Waals surface area contributed by atoms with Crippen LogP contribution in [0.4, 0.5) is 0 Å². The van der Waals surface area contributed by atoms with E-state index in [9.17, 15) is 0 Å². The van der Waals surface area contributed by atoms with E-state index in [0.717, 1.165) is 38.2 Å². The molecule has 0 bridgehead atoms. The lowest BCUT2D eigenvalue weighted by Gasteiger charge is -2.22. The van der Waals surface area contributed by atoms with Crippen LogP contribution < -0.4 is 10.6 Å². The Hall–Kier alpha value is -0.770. The molecule has 0 aromatic rings. The van der Waals surface area contributed by atoms with Crippen LogP contribution in [0.5, 0.6) is 0 Å². The summed E-state index contributed by atoms with van der Waals surface area (Å²) in [5.41, 5.74) is 0. The molecule has 4 heteroatoms. The highest BCUT2D eigenvalue weighted by molar-refractivity contribution is 5.74. The van der Waals surface area contributed by atoms with Crippen molar-refractivity contribution in [3.63, 3.8) is 0 Å². The van der Waals surface area contributed by atoms with E-state index in [0.29, 0.717) is 0 Å². The van der Waals surface area contributed by atoms with Gasteiger partial charge < -0.3 is 15.4 Å². The highest BCUT2D eigenvalue weighted by atomic mass is 16.5. The normalized spacial score (nSPS) is 28.0. The standard InChI is InChI=1S/C9H17N3O/c1-2-8(6-10-3-1)7-12-9-11-4-5-13-9/h8,10H,1-7H2,(H,11,12). The lowest BCUT2D eigenvalue weighted by molar-refractivity contribution is 0.317. The summed E-state index contributed by atoms with van der Waals surface area (Å²) in [6, 6.07) is 0.741. The van der Waals surface area contributed by atoms with E-state index in [-0.39, 0.29) is 0 Å². The molecule has 1 saturated heterocycles. The van der Waals surface area contributed by atoms with E-state index in [2.05, 4.69) is 15.6 Å². The van der Waals surface area contributed by atoms with Crippen molar-refractivity contribution < 1.29 is 4.74 Å². The van der Waals surface area contributed by atoms with Gasteiger partial charge >= 0.3 is 0 Å². The van der Waals surface area contributed by atoms with Gasteiger partial charge in [-0.2, -0.15) is 0 Å². The van der Waals surface area contributed by atoms with Crippen LogP contribution in [0.15, 0.2) is 4.99 Å². The molecule has 4 nitrogen and oxygen atoms in total. The summed E-state index contributed by atoms with van der Waals surface area (Å²) >= 11 is 0. The van der Waals surface area contributed by atoms with Crippen LogP contribution in [0, 0.1) is 5.92 Å². The molecular weight excluding hydrogens is 166 g/mol. The van der Waals surface area contributed by atoms with Crippen molar-refractivity contribution in [1.29, 1.82) is 0 Å². The molecule has 0 aromatic carbocycles. The number of ether oxygens (including phenoxy) is 1. The lowest BCUT2D eigenvalue weighted by atomic mass is 10.00. The quantitative estimate of drug-likeness (QED) is 0.631. The Morgan fingerprint density at radius 3 is 3.31 bits per heavy atom. The molecule has 2 N–H and O–H groups in total. The van der Waals surface area contributed by atoms with Gasteiger partial charge in [-0.1, -0.05) is 0 Å². The van der Waals surface area contributed by atoms with Gasteiger partial charge in [-0.15, -0.1) is 0 Å². The molecule has 2 rings (SSSR count). The zero-order valence-corrected chi connectivity index (χ0v) is 7.88. The van der Waals surface area contributed by atoms with Crippen molar-refractivity contribution in [2.75, 3.05) is 32.8 Å². The van der Waals surface area contributed by atoms with E-state index >= 15 is 0 Å². The van der Waals surface area contributed by atoms with Crippen molar-refractivity contribution in [1.82, 2.24) is 10.6 Å². The molecule has 13 heavy (non-hydrogen) atoms. The summed E-state index contributed by atoms with van der Waals surface area (Å²) in [6.45, 7) is 4.84. The smallest absolute Gasteiger partial charge is 0.284 e. The third kappa shape index (κ3) is 2.59. The predicted octanol–water partition coefficient (Wildman–Crippen LogP) is -0.0382. The number of hydrogen-bond donors (Lipinski definition) is 2. The first-order valence-electron chi connectivity index (χ1n) is 5.07. The summed E-state index contributed by atoms with van der Waals surface area (Å²) in [7, 11) is 0. The third-order valence-corrected chi connectivity index (χ3v) is 2.53. The number of rotatable bonds is 2. The monoisotopic (exact) mass is 183 g/mol. The highest BCUT2D eigenvalue weighted by Crippen LogP contribution is 2.08. The van der Waals surface area contributed by atoms with Gasteiger partial charge in [0.05, 0.1) is 6.54 Å². The summed E-state index contributed by atoms with van der Waals surface area (Å²) in [6.07, 6.45) is 2.60. The number of piperidine rings is 1. The third-order valence-electron chi connectivity index (χ3n) is 2.53. The molecule has 2 heterocycles. The minimum absolute atomic E-state index is 0.737. The molecule has 1 unspecified atom stereocenters. The topological polar surface area (TPSA) is 45.7 Å². The molecule has 2 aliphatic rings. The molecular formula is C9H17N3O. The first kappa shape index (κ1) is 8.81. The molecule has 74 valence electrons. The number of hydrogen-bond acceptors (Lipinski definition) is 4. The van der Waals surface area contributed by atoms with Crippen LogP contribution in [-0.2, 0) is 4.74 Å². The van der Waals surface area contributed by atoms with Gasteiger partial charge in [-0.05, 0) is 31.8 Å².